The van der Waals surface area contributed by atoms with Crippen LogP contribution in [-0.2, 0) is 14.3 Å². The van der Waals surface area contributed by atoms with Crippen molar-refractivity contribution in [3.05, 3.63) is 57.9 Å². The van der Waals surface area contributed by atoms with Crippen LogP contribution in [-0.4, -0.2) is 43.0 Å². The Kier molecular flexibility index (Phi) is 7.53. The molecule has 0 atom stereocenters. The first kappa shape index (κ1) is 22.4. The van der Waals surface area contributed by atoms with E-state index in [-0.39, 0.29) is 23.4 Å². The molecule has 0 radical (unpaired) electrons. The van der Waals surface area contributed by atoms with Crippen molar-refractivity contribution in [3.8, 4) is 11.8 Å². The molecule has 0 saturated heterocycles. The lowest BCUT2D eigenvalue weighted by Gasteiger charge is -2.05. The molecule has 0 amide bonds. The van der Waals surface area contributed by atoms with E-state index in [1.165, 1.54) is 13.2 Å². The van der Waals surface area contributed by atoms with E-state index in [4.69, 9.17) is 14.2 Å². The fourth-order valence-electron chi connectivity index (χ4n) is 2.82. The summed E-state index contributed by atoms with van der Waals surface area (Å²) in [6.07, 6.45) is 1.36. The number of Topliss-reactive ketones (excluding diaryl/α,β-unsaturated/α-hetero) is 1. The summed E-state index contributed by atoms with van der Waals surface area (Å²) < 4.78 is 15.0. The zero-order chi connectivity index (χ0) is 22.3. The van der Waals surface area contributed by atoms with Crippen molar-refractivity contribution in [2.24, 2.45) is 0 Å². The van der Waals surface area contributed by atoms with Crippen molar-refractivity contribution < 1.29 is 28.6 Å². The van der Waals surface area contributed by atoms with E-state index in [1.807, 2.05) is 0 Å². The maximum Gasteiger partial charge on any atom is 0.349 e. The molecule has 2 rings (SSSR count). The number of aryl methyl sites for hydroxylation is 1. The van der Waals surface area contributed by atoms with E-state index in [1.54, 1.807) is 51.1 Å². The summed E-state index contributed by atoms with van der Waals surface area (Å²) in [6, 6.07) is 8.50. The summed E-state index contributed by atoms with van der Waals surface area (Å²) in [7, 11) is 1.53. The number of H-pyrrole nitrogens is 1. The van der Waals surface area contributed by atoms with Crippen LogP contribution in [0.25, 0.3) is 6.08 Å². The van der Waals surface area contributed by atoms with Gasteiger partial charge in [-0.1, -0.05) is 12.1 Å². The fourth-order valence-corrected chi connectivity index (χ4v) is 2.82. The van der Waals surface area contributed by atoms with Crippen LogP contribution in [0.5, 0.6) is 5.75 Å². The molecule has 1 aromatic carbocycles. The lowest BCUT2D eigenvalue weighted by molar-refractivity contribution is -0.137. The van der Waals surface area contributed by atoms with Crippen LogP contribution >= 0.6 is 0 Å². The molecule has 0 aliphatic rings. The van der Waals surface area contributed by atoms with Gasteiger partial charge in [0.15, 0.2) is 6.61 Å². The summed E-state index contributed by atoms with van der Waals surface area (Å²) in [5.74, 6) is -1.35. The first-order valence-corrected chi connectivity index (χ1v) is 9.14. The number of nitrogens with one attached hydrogen (secondary N) is 1. The van der Waals surface area contributed by atoms with Gasteiger partial charge in [-0.25, -0.2) is 9.59 Å². The van der Waals surface area contributed by atoms with Crippen LogP contribution in [0.1, 0.15) is 44.6 Å². The zero-order valence-corrected chi connectivity index (χ0v) is 17.2. The second-order valence-corrected chi connectivity index (χ2v) is 6.29. The van der Waals surface area contributed by atoms with E-state index in [2.05, 4.69) is 4.98 Å². The van der Waals surface area contributed by atoms with Gasteiger partial charge in [0, 0.05) is 5.69 Å². The number of rotatable bonds is 8. The molecule has 0 fully saturated rings. The van der Waals surface area contributed by atoms with Gasteiger partial charge in [0.1, 0.15) is 17.4 Å². The molecule has 8 nitrogen and oxygen atoms in total. The number of methoxy groups -OCH3 is 1. The lowest BCUT2D eigenvalue weighted by Crippen LogP contribution is -2.16. The van der Waals surface area contributed by atoms with Gasteiger partial charge >= 0.3 is 11.9 Å². The number of carbonyl (C=O) groups excluding carboxylic acids is 3. The summed E-state index contributed by atoms with van der Waals surface area (Å²) in [5.41, 5.74) is 1.69. The van der Waals surface area contributed by atoms with Crippen molar-refractivity contribution in [2.45, 2.75) is 20.8 Å². The Morgan fingerprint density at radius 1 is 1.13 bits per heavy atom. The van der Waals surface area contributed by atoms with Crippen molar-refractivity contribution >= 4 is 23.8 Å². The minimum atomic E-state index is -0.923. The Bertz CT molecular complexity index is 1030. The first-order valence-electron chi connectivity index (χ1n) is 9.14. The monoisotopic (exact) mass is 410 g/mol. The van der Waals surface area contributed by atoms with Gasteiger partial charge in [-0.3, -0.25) is 4.79 Å². The fraction of sp³-hybridized carbons (Fsp3) is 0.273. The minimum absolute atomic E-state index is 0.154. The molecule has 0 spiro atoms. The van der Waals surface area contributed by atoms with Crippen LogP contribution in [0.4, 0.5) is 0 Å². The highest BCUT2D eigenvalue weighted by molar-refractivity contribution is 6.04. The smallest absolute Gasteiger partial charge is 0.349 e. The Morgan fingerprint density at radius 3 is 2.37 bits per heavy atom. The summed E-state index contributed by atoms with van der Waals surface area (Å²) in [5, 5.41) is 9.25. The molecule has 1 N–H and O–H groups in total. The summed E-state index contributed by atoms with van der Waals surface area (Å²) >= 11 is 0. The van der Waals surface area contributed by atoms with Crippen LogP contribution < -0.4 is 4.74 Å². The maximum atomic E-state index is 12.5. The van der Waals surface area contributed by atoms with Gasteiger partial charge in [0.05, 0.1) is 25.0 Å². The molecule has 1 heterocycles. The second-order valence-electron chi connectivity index (χ2n) is 6.29. The lowest BCUT2D eigenvalue weighted by atomic mass is 10.1. The number of benzene rings is 1. The van der Waals surface area contributed by atoms with E-state index in [0.717, 1.165) is 0 Å². The Balaban J connectivity index is 2.10. The maximum absolute atomic E-state index is 12.5. The molecule has 1 aromatic heterocycles. The highest BCUT2D eigenvalue weighted by Crippen LogP contribution is 2.20. The summed E-state index contributed by atoms with van der Waals surface area (Å²) in [4.78, 5) is 39.6. The molecule has 2 aromatic rings. The van der Waals surface area contributed by atoms with Crippen LogP contribution in [0.3, 0.4) is 0 Å². The minimum Gasteiger partial charge on any atom is -0.497 e. The number of aromatic amines is 1. The van der Waals surface area contributed by atoms with Crippen LogP contribution in [0, 0.1) is 25.2 Å². The standard InChI is InChI=1S/C22H22N2O6/c1-5-29-22(27)19-13(2)20(24-14(19)3)18(25)12-30-21(26)16(11-23)10-15-6-8-17(28-4)9-7-15/h6-10,24H,5,12H2,1-4H3/b16-10+. The molecule has 8 heteroatoms. The number of aromatic nitrogens is 1. The number of hydrogen-bond donors (Lipinski definition) is 1. The topological polar surface area (TPSA) is 118 Å². The number of nitriles is 1. The highest BCUT2D eigenvalue weighted by Gasteiger charge is 2.24. The Labute approximate surface area is 174 Å². The first-order chi connectivity index (χ1) is 14.3. The number of ether oxygens (including phenoxy) is 3. The molecule has 0 saturated carbocycles. The molecule has 0 bridgehead atoms. The third-order valence-corrected chi connectivity index (χ3v) is 4.30. The SMILES string of the molecule is CCOC(=O)c1c(C)[nH]c(C(=O)COC(=O)/C(C#N)=C/c2ccc(OC)cc2)c1C. The van der Waals surface area contributed by atoms with Gasteiger partial charge in [-0.2, -0.15) is 5.26 Å². The van der Waals surface area contributed by atoms with E-state index in [9.17, 15) is 19.6 Å². The third-order valence-electron chi connectivity index (χ3n) is 4.30. The highest BCUT2D eigenvalue weighted by atomic mass is 16.5. The zero-order valence-electron chi connectivity index (χ0n) is 17.2. The van der Waals surface area contributed by atoms with Gasteiger partial charge in [-0.05, 0) is 50.1 Å². The predicted molar refractivity (Wildman–Crippen MR) is 108 cm³/mol. The molecule has 0 aliphatic heterocycles. The van der Waals surface area contributed by atoms with Gasteiger partial charge in [-0.15, -0.1) is 0 Å². The van der Waals surface area contributed by atoms with Crippen molar-refractivity contribution in [1.29, 1.82) is 5.26 Å². The van der Waals surface area contributed by atoms with Crippen molar-refractivity contribution in [3.63, 3.8) is 0 Å². The van der Waals surface area contributed by atoms with Crippen molar-refractivity contribution in [1.82, 2.24) is 4.98 Å². The molecular weight excluding hydrogens is 388 g/mol. The molecule has 0 unspecified atom stereocenters. The number of nitrogens with zero attached hydrogens (tertiary/aromatic N) is 1. The molecular formula is C22H22N2O6. The van der Waals surface area contributed by atoms with E-state index < -0.39 is 24.3 Å². The largest absolute Gasteiger partial charge is 0.497 e. The Hall–Kier alpha value is -3.86. The van der Waals surface area contributed by atoms with Crippen LogP contribution in [0.15, 0.2) is 29.8 Å². The van der Waals surface area contributed by atoms with E-state index >= 15 is 0 Å². The molecule has 0 aliphatic carbocycles. The van der Waals surface area contributed by atoms with Gasteiger partial charge < -0.3 is 19.2 Å². The average Bonchev–Trinajstić information content (AvgIpc) is 3.04. The Morgan fingerprint density at radius 2 is 1.80 bits per heavy atom. The second kappa shape index (κ2) is 10.1. The quantitative estimate of drug-likeness (QED) is 0.307. The van der Waals surface area contributed by atoms with Gasteiger partial charge in [0.25, 0.3) is 0 Å². The number of esters is 2. The number of ketones is 1. The van der Waals surface area contributed by atoms with E-state index in [0.29, 0.717) is 22.6 Å². The number of carbonyl (C=O) groups is 3. The van der Waals surface area contributed by atoms with Crippen LogP contribution in [0.2, 0.25) is 0 Å². The molecule has 30 heavy (non-hydrogen) atoms. The van der Waals surface area contributed by atoms with Crippen molar-refractivity contribution in [2.75, 3.05) is 20.3 Å². The molecule has 156 valence electrons. The average molecular weight is 410 g/mol. The number of hydrogen-bond acceptors (Lipinski definition) is 7. The predicted octanol–water partition coefficient (Wildman–Crippen LogP) is 3.15. The van der Waals surface area contributed by atoms with Gasteiger partial charge in [0.2, 0.25) is 5.78 Å². The summed E-state index contributed by atoms with van der Waals surface area (Å²) in [6.45, 7) is 4.57. The normalized spacial score (nSPS) is 10.8. The third kappa shape index (κ3) is 5.14.